The highest BCUT2D eigenvalue weighted by molar-refractivity contribution is 5.75. The van der Waals surface area contributed by atoms with Crippen molar-refractivity contribution in [1.82, 2.24) is 0 Å². The molecule has 0 aliphatic carbocycles. The first-order valence-corrected chi connectivity index (χ1v) is 4.90. The van der Waals surface area contributed by atoms with Crippen molar-refractivity contribution in [3.05, 3.63) is 29.8 Å². The summed E-state index contributed by atoms with van der Waals surface area (Å²) < 4.78 is 4.81. The van der Waals surface area contributed by atoms with Gasteiger partial charge in [0.25, 0.3) is 0 Å². The van der Waals surface area contributed by atoms with Crippen LogP contribution >= 0.6 is 0 Å². The highest BCUT2D eigenvalue weighted by Crippen LogP contribution is 2.07. The van der Waals surface area contributed by atoms with Crippen molar-refractivity contribution < 1.29 is 9.53 Å². The van der Waals surface area contributed by atoms with Crippen LogP contribution in [-0.2, 0) is 16.0 Å². The average Bonchev–Trinajstić information content (AvgIpc) is 2.22. The number of esters is 1. The number of hydrogen-bond acceptors (Lipinski definition) is 4. The van der Waals surface area contributed by atoms with E-state index < -0.39 is 6.04 Å². The van der Waals surface area contributed by atoms with Gasteiger partial charge in [-0.2, -0.15) is 0 Å². The van der Waals surface area contributed by atoms with E-state index in [9.17, 15) is 4.79 Å². The summed E-state index contributed by atoms with van der Waals surface area (Å²) in [5.41, 5.74) is 12.9. The highest BCUT2D eigenvalue weighted by atomic mass is 16.5. The second-order valence-corrected chi connectivity index (χ2v) is 3.30. The molecule has 1 atom stereocenters. The predicted molar refractivity (Wildman–Crippen MR) is 59.2 cm³/mol. The van der Waals surface area contributed by atoms with Crippen LogP contribution in [0.1, 0.15) is 12.5 Å². The zero-order valence-electron chi connectivity index (χ0n) is 8.77. The molecule has 0 unspecified atom stereocenters. The molecule has 1 aromatic carbocycles. The summed E-state index contributed by atoms with van der Waals surface area (Å²) in [6.07, 6.45) is 0.471. The van der Waals surface area contributed by atoms with Gasteiger partial charge in [-0.25, -0.2) is 0 Å². The van der Waals surface area contributed by atoms with Gasteiger partial charge in [0.15, 0.2) is 0 Å². The second kappa shape index (κ2) is 5.36. The van der Waals surface area contributed by atoms with Crippen LogP contribution in [-0.4, -0.2) is 18.6 Å². The molecule has 1 rings (SSSR count). The fourth-order valence-electron chi connectivity index (χ4n) is 1.24. The van der Waals surface area contributed by atoms with E-state index in [0.29, 0.717) is 18.7 Å². The molecule has 0 aliphatic rings. The number of anilines is 1. The Balaban J connectivity index is 2.54. The van der Waals surface area contributed by atoms with Gasteiger partial charge in [-0.3, -0.25) is 4.79 Å². The van der Waals surface area contributed by atoms with Crippen molar-refractivity contribution in [1.29, 1.82) is 0 Å². The number of nitrogens with two attached hydrogens (primary N) is 2. The summed E-state index contributed by atoms with van der Waals surface area (Å²) >= 11 is 0. The van der Waals surface area contributed by atoms with Gasteiger partial charge in [0, 0.05) is 5.69 Å². The van der Waals surface area contributed by atoms with E-state index in [1.807, 2.05) is 12.1 Å². The van der Waals surface area contributed by atoms with E-state index in [4.69, 9.17) is 16.2 Å². The van der Waals surface area contributed by atoms with Gasteiger partial charge >= 0.3 is 5.97 Å². The van der Waals surface area contributed by atoms with E-state index in [2.05, 4.69) is 0 Å². The topological polar surface area (TPSA) is 78.3 Å². The van der Waals surface area contributed by atoms with E-state index in [0.717, 1.165) is 5.56 Å². The van der Waals surface area contributed by atoms with E-state index >= 15 is 0 Å². The number of ether oxygens (including phenoxy) is 1. The smallest absolute Gasteiger partial charge is 0.323 e. The largest absolute Gasteiger partial charge is 0.465 e. The summed E-state index contributed by atoms with van der Waals surface area (Å²) in [5.74, 6) is -0.366. The summed E-state index contributed by atoms with van der Waals surface area (Å²) in [7, 11) is 0. The Morgan fingerprint density at radius 3 is 2.53 bits per heavy atom. The molecule has 0 amide bonds. The van der Waals surface area contributed by atoms with Crippen molar-refractivity contribution >= 4 is 11.7 Å². The van der Waals surface area contributed by atoms with Gasteiger partial charge in [0.05, 0.1) is 6.61 Å². The van der Waals surface area contributed by atoms with Gasteiger partial charge < -0.3 is 16.2 Å². The number of nitrogen functional groups attached to an aromatic ring is 1. The lowest BCUT2D eigenvalue weighted by atomic mass is 10.1. The zero-order valence-corrected chi connectivity index (χ0v) is 8.77. The maximum atomic E-state index is 11.2. The Bertz CT molecular complexity index is 322. The first-order valence-electron chi connectivity index (χ1n) is 4.90. The molecule has 0 spiro atoms. The van der Waals surface area contributed by atoms with Gasteiger partial charge in [0.1, 0.15) is 6.04 Å². The third-order valence-corrected chi connectivity index (χ3v) is 2.02. The quantitative estimate of drug-likeness (QED) is 0.564. The van der Waals surface area contributed by atoms with Crippen LogP contribution in [0.25, 0.3) is 0 Å². The van der Waals surface area contributed by atoms with E-state index in [1.165, 1.54) is 0 Å². The van der Waals surface area contributed by atoms with Crippen LogP contribution in [0.2, 0.25) is 0 Å². The van der Waals surface area contributed by atoms with Crippen molar-refractivity contribution in [2.24, 2.45) is 5.73 Å². The highest BCUT2D eigenvalue weighted by Gasteiger charge is 2.14. The van der Waals surface area contributed by atoms with E-state index in [1.54, 1.807) is 19.1 Å². The maximum absolute atomic E-state index is 11.2. The molecule has 0 heterocycles. The summed E-state index contributed by atoms with van der Waals surface area (Å²) in [6, 6.07) is 6.68. The molecule has 0 aromatic heterocycles. The Labute approximate surface area is 89.2 Å². The van der Waals surface area contributed by atoms with Gasteiger partial charge in [-0.1, -0.05) is 12.1 Å². The molecule has 0 aliphatic heterocycles. The van der Waals surface area contributed by atoms with Gasteiger partial charge in [-0.15, -0.1) is 0 Å². The molecule has 4 nitrogen and oxygen atoms in total. The lowest BCUT2D eigenvalue weighted by Crippen LogP contribution is -2.34. The molecule has 4 N–H and O–H groups in total. The van der Waals surface area contributed by atoms with Crippen molar-refractivity contribution in [3.8, 4) is 0 Å². The molecule has 1 aromatic rings. The van der Waals surface area contributed by atoms with Crippen LogP contribution < -0.4 is 11.5 Å². The first-order chi connectivity index (χ1) is 7.13. The molecule has 82 valence electrons. The molecular formula is C11H16N2O2. The number of rotatable bonds is 4. The Kier molecular flexibility index (Phi) is 4.12. The number of benzene rings is 1. The van der Waals surface area contributed by atoms with E-state index in [-0.39, 0.29) is 5.97 Å². The predicted octanol–water partition coefficient (Wildman–Crippen LogP) is 0.702. The van der Waals surface area contributed by atoms with Crippen molar-refractivity contribution in [2.75, 3.05) is 12.3 Å². The van der Waals surface area contributed by atoms with Crippen LogP contribution in [0, 0.1) is 0 Å². The minimum absolute atomic E-state index is 0.355. The minimum atomic E-state index is -0.603. The Morgan fingerprint density at radius 2 is 2.00 bits per heavy atom. The third kappa shape index (κ3) is 3.59. The summed E-state index contributed by atoms with van der Waals surface area (Å²) in [4.78, 5) is 11.2. The standard InChI is InChI=1S/C11H16N2O2/c1-2-15-11(14)10(13)7-8-3-5-9(12)6-4-8/h3-6,10H,2,7,12-13H2,1H3/t10-/m0/s1. The van der Waals surface area contributed by atoms with Crippen LogP contribution in [0.3, 0.4) is 0 Å². The fourth-order valence-corrected chi connectivity index (χ4v) is 1.24. The number of hydrogen-bond donors (Lipinski definition) is 2. The molecular weight excluding hydrogens is 192 g/mol. The van der Waals surface area contributed by atoms with Crippen molar-refractivity contribution in [3.63, 3.8) is 0 Å². The molecule has 0 bridgehead atoms. The molecule has 0 saturated carbocycles. The molecule has 4 heteroatoms. The van der Waals surface area contributed by atoms with Crippen molar-refractivity contribution in [2.45, 2.75) is 19.4 Å². The SMILES string of the molecule is CCOC(=O)[C@@H](N)Cc1ccc(N)cc1. The third-order valence-electron chi connectivity index (χ3n) is 2.02. The molecule has 15 heavy (non-hydrogen) atoms. The first kappa shape index (κ1) is 11.5. The lowest BCUT2D eigenvalue weighted by Gasteiger charge is -2.10. The molecule has 0 fully saturated rings. The van der Waals surface area contributed by atoms with Gasteiger partial charge in [0.2, 0.25) is 0 Å². The average molecular weight is 208 g/mol. The second-order valence-electron chi connectivity index (χ2n) is 3.30. The number of carbonyl (C=O) groups is 1. The number of carbonyl (C=O) groups excluding carboxylic acids is 1. The summed E-state index contributed by atoms with van der Waals surface area (Å²) in [6.45, 7) is 2.11. The summed E-state index contributed by atoms with van der Waals surface area (Å²) in [5, 5.41) is 0. The zero-order chi connectivity index (χ0) is 11.3. The molecule has 0 saturated heterocycles. The van der Waals surface area contributed by atoms with Crippen LogP contribution in [0.4, 0.5) is 5.69 Å². The normalized spacial score (nSPS) is 12.1. The van der Waals surface area contributed by atoms with Crippen LogP contribution in [0.5, 0.6) is 0 Å². The fraction of sp³-hybridized carbons (Fsp3) is 0.364. The lowest BCUT2D eigenvalue weighted by molar-refractivity contribution is -0.144. The molecule has 0 radical (unpaired) electrons. The van der Waals surface area contributed by atoms with Crippen LogP contribution in [0.15, 0.2) is 24.3 Å². The monoisotopic (exact) mass is 208 g/mol. The Hall–Kier alpha value is -1.55. The Morgan fingerprint density at radius 1 is 1.40 bits per heavy atom. The van der Waals surface area contributed by atoms with Gasteiger partial charge in [-0.05, 0) is 31.0 Å². The maximum Gasteiger partial charge on any atom is 0.323 e. The minimum Gasteiger partial charge on any atom is -0.465 e.